The average molecular weight is 127 g/mol. The zero-order valence-corrected chi connectivity index (χ0v) is 5.24. The van der Waals surface area contributed by atoms with Crippen LogP contribution in [0.1, 0.15) is 5.56 Å². The lowest BCUT2D eigenvalue weighted by Crippen LogP contribution is -1.74. The van der Waals surface area contributed by atoms with E-state index in [2.05, 4.69) is 11.1 Å². The number of nitrogens with zero attached hydrogens (tertiary/aromatic N) is 1. The summed E-state index contributed by atoms with van der Waals surface area (Å²) in [5, 5.41) is 0.426. The van der Waals surface area contributed by atoms with Crippen LogP contribution >= 0.6 is 11.6 Å². The molecule has 0 atom stereocenters. The maximum absolute atomic E-state index is 5.44. The molecule has 1 rings (SSSR count). The fourth-order valence-electron chi connectivity index (χ4n) is 0.406. The molecule has 0 aliphatic carbocycles. The molecule has 0 fully saturated rings. The quantitative estimate of drug-likeness (QED) is 0.484. The SMILES string of the molecule is Cc1c[c]c(Cl)nc1. The Morgan fingerprint density at radius 2 is 2.50 bits per heavy atom. The summed E-state index contributed by atoms with van der Waals surface area (Å²) >= 11 is 5.44. The fraction of sp³-hybridized carbons (Fsp3) is 0.167. The van der Waals surface area contributed by atoms with Crippen molar-refractivity contribution in [3.05, 3.63) is 29.0 Å². The summed E-state index contributed by atoms with van der Waals surface area (Å²) < 4.78 is 0. The lowest BCUT2D eigenvalue weighted by Gasteiger charge is -1.86. The van der Waals surface area contributed by atoms with Gasteiger partial charge in [0, 0.05) is 12.3 Å². The molecule has 0 bridgehead atoms. The maximum Gasteiger partial charge on any atom is 0.136 e. The van der Waals surface area contributed by atoms with Gasteiger partial charge in [-0.1, -0.05) is 11.6 Å². The van der Waals surface area contributed by atoms with E-state index in [0.717, 1.165) is 5.56 Å². The van der Waals surface area contributed by atoms with Crippen molar-refractivity contribution in [2.75, 3.05) is 0 Å². The van der Waals surface area contributed by atoms with Crippen molar-refractivity contribution in [3.8, 4) is 0 Å². The zero-order chi connectivity index (χ0) is 5.98. The molecular weight excluding hydrogens is 122 g/mol. The van der Waals surface area contributed by atoms with E-state index >= 15 is 0 Å². The minimum atomic E-state index is 0.426. The first-order chi connectivity index (χ1) is 3.79. The molecule has 8 heavy (non-hydrogen) atoms. The van der Waals surface area contributed by atoms with Crippen molar-refractivity contribution in [2.24, 2.45) is 0 Å². The fourth-order valence-corrected chi connectivity index (χ4v) is 0.510. The minimum Gasteiger partial charge on any atom is -0.244 e. The number of pyridine rings is 1. The van der Waals surface area contributed by atoms with E-state index in [1.807, 2.05) is 6.92 Å². The van der Waals surface area contributed by atoms with E-state index in [0.29, 0.717) is 5.15 Å². The zero-order valence-electron chi connectivity index (χ0n) is 4.48. The van der Waals surface area contributed by atoms with Gasteiger partial charge in [0.05, 0.1) is 0 Å². The summed E-state index contributed by atoms with van der Waals surface area (Å²) in [5.74, 6) is 0. The van der Waals surface area contributed by atoms with Crippen molar-refractivity contribution in [3.63, 3.8) is 0 Å². The molecule has 1 heterocycles. The molecule has 0 aromatic carbocycles. The first kappa shape index (κ1) is 5.57. The molecule has 1 aromatic heterocycles. The Kier molecular flexibility index (Phi) is 1.49. The van der Waals surface area contributed by atoms with Crippen molar-refractivity contribution in [1.82, 2.24) is 4.98 Å². The van der Waals surface area contributed by atoms with Crippen LogP contribution in [0.2, 0.25) is 5.15 Å². The summed E-state index contributed by atoms with van der Waals surface area (Å²) in [6, 6.07) is 4.55. The highest BCUT2D eigenvalue weighted by atomic mass is 35.5. The molecule has 41 valence electrons. The second kappa shape index (κ2) is 2.14. The normalized spacial score (nSPS) is 9.25. The highest BCUT2D eigenvalue weighted by molar-refractivity contribution is 6.29. The highest BCUT2D eigenvalue weighted by Crippen LogP contribution is 2.01. The van der Waals surface area contributed by atoms with E-state index in [9.17, 15) is 0 Å². The van der Waals surface area contributed by atoms with Gasteiger partial charge < -0.3 is 0 Å². The Hall–Kier alpha value is -0.560. The second-order valence-electron chi connectivity index (χ2n) is 1.58. The number of hydrogen-bond acceptors (Lipinski definition) is 1. The molecule has 0 saturated carbocycles. The van der Waals surface area contributed by atoms with E-state index in [1.54, 1.807) is 12.3 Å². The third kappa shape index (κ3) is 1.20. The number of halogens is 1. The van der Waals surface area contributed by atoms with E-state index < -0.39 is 0 Å². The molecule has 0 N–H and O–H groups in total. The van der Waals surface area contributed by atoms with Crippen LogP contribution in [0.3, 0.4) is 0 Å². The number of rotatable bonds is 0. The van der Waals surface area contributed by atoms with Gasteiger partial charge >= 0.3 is 0 Å². The molecule has 2 heteroatoms. The van der Waals surface area contributed by atoms with Crippen LogP contribution in [-0.4, -0.2) is 4.98 Å². The van der Waals surface area contributed by atoms with Gasteiger partial charge in [-0.25, -0.2) is 4.98 Å². The summed E-state index contributed by atoms with van der Waals surface area (Å²) in [6.45, 7) is 1.94. The molecule has 0 saturated heterocycles. The monoisotopic (exact) mass is 126 g/mol. The summed E-state index contributed by atoms with van der Waals surface area (Å²) in [6.07, 6.45) is 1.71. The molecule has 0 unspecified atom stereocenters. The Morgan fingerprint density at radius 3 is 2.88 bits per heavy atom. The van der Waals surface area contributed by atoms with Gasteiger partial charge in [-0.05, 0) is 18.6 Å². The Labute approximate surface area is 53.3 Å². The van der Waals surface area contributed by atoms with Crippen molar-refractivity contribution < 1.29 is 0 Å². The van der Waals surface area contributed by atoms with Crippen LogP contribution in [-0.2, 0) is 0 Å². The largest absolute Gasteiger partial charge is 0.244 e. The lowest BCUT2D eigenvalue weighted by molar-refractivity contribution is 1.26. The predicted molar refractivity (Wildman–Crippen MR) is 32.8 cm³/mol. The Bertz CT molecular complexity index is 147. The van der Waals surface area contributed by atoms with Crippen molar-refractivity contribution in [2.45, 2.75) is 6.92 Å². The first-order valence-electron chi connectivity index (χ1n) is 2.29. The highest BCUT2D eigenvalue weighted by Gasteiger charge is 1.84. The second-order valence-corrected chi connectivity index (χ2v) is 1.94. The van der Waals surface area contributed by atoms with Gasteiger partial charge in [0.25, 0.3) is 0 Å². The molecule has 0 aliphatic rings. The molecule has 0 spiro atoms. The van der Waals surface area contributed by atoms with Crippen molar-refractivity contribution in [1.29, 1.82) is 0 Å². The van der Waals surface area contributed by atoms with Crippen LogP contribution in [0.4, 0.5) is 0 Å². The minimum absolute atomic E-state index is 0.426. The van der Waals surface area contributed by atoms with Crippen LogP contribution in [0, 0.1) is 13.0 Å². The van der Waals surface area contributed by atoms with Gasteiger partial charge in [-0.15, -0.1) is 0 Å². The van der Waals surface area contributed by atoms with Gasteiger partial charge in [0.15, 0.2) is 0 Å². The maximum atomic E-state index is 5.44. The standard InChI is InChI=1S/C6H5ClN/c1-5-2-3-6(7)8-4-5/h2,4H,1H3. The third-order valence-corrected chi connectivity index (χ3v) is 1.01. The van der Waals surface area contributed by atoms with Gasteiger partial charge in [-0.3, -0.25) is 0 Å². The van der Waals surface area contributed by atoms with Crippen LogP contribution in [0.15, 0.2) is 12.3 Å². The predicted octanol–water partition coefficient (Wildman–Crippen LogP) is 1.84. The number of aromatic nitrogens is 1. The van der Waals surface area contributed by atoms with Crippen LogP contribution in [0.25, 0.3) is 0 Å². The van der Waals surface area contributed by atoms with Crippen LogP contribution < -0.4 is 0 Å². The Balaban J connectivity index is 3.03. The lowest BCUT2D eigenvalue weighted by atomic mass is 10.3. The van der Waals surface area contributed by atoms with E-state index in [1.165, 1.54) is 0 Å². The van der Waals surface area contributed by atoms with Crippen LogP contribution in [0.5, 0.6) is 0 Å². The van der Waals surface area contributed by atoms with E-state index in [4.69, 9.17) is 11.6 Å². The van der Waals surface area contributed by atoms with Gasteiger partial charge in [0.1, 0.15) is 5.15 Å². The summed E-state index contributed by atoms with van der Waals surface area (Å²) in [5.41, 5.74) is 1.08. The smallest absolute Gasteiger partial charge is 0.136 e. The first-order valence-corrected chi connectivity index (χ1v) is 2.66. The van der Waals surface area contributed by atoms with Gasteiger partial charge in [0.2, 0.25) is 0 Å². The topological polar surface area (TPSA) is 12.9 Å². The molecular formula is C6H5ClN. The molecule has 1 aromatic rings. The molecule has 1 radical (unpaired) electrons. The van der Waals surface area contributed by atoms with Gasteiger partial charge in [-0.2, -0.15) is 0 Å². The number of hydrogen-bond donors (Lipinski definition) is 0. The number of aryl methyl sites for hydroxylation is 1. The van der Waals surface area contributed by atoms with Crippen molar-refractivity contribution >= 4 is 11.6 Å². The van der Waals surface area contributed by atoms with E-state index in [-0.39, 0.29) is 0 Å². The third-order valence-electron chi connectivity index (χ3n) is 0.800. The summed E-state index contributed by atoms with van der Waals surface area (Å²) in [4.78, 5) is 3.79. The summed E-state index contributed by atoms with van der Waals surface area (Å²) in [7, 11) is 0. The molecule has 0 amide bonds. The molecule has 0 aliphatic heterocycles. The molecule has 1 nitrogen and oxygen atoms in total. The average Bonchev–Trinajstić information content (AvgIpc) is 1.77. The Morgan fingerprint density at radius 1 is 1.75 bits per heavy atom.